The average Bonchev–Trinajstić information content (AvgIpc) is 2.92. The summed E-state index contributed by atoms with van der Waals surface area (Å²) in [5.74, 6) is 0. The smallest absolute Gasteiger partial charge is 0.224 e. The van der Waals surface area contributed by atoms with Crippen molar-refractivity contribution in [3.05, 3.63) is 65.2 Å². The lowest BCUT2D eigenvalue weighted by Gasteiger charge is -2.08. The van der Waals surface area contributed by atoms with Crippen LogP contribution in [0.25, 0.3) is 27.5 Å². The van der Waals surface area contributed by atoms with E-state index in [1.807, 2.05) is 54.7 Å². The van der Waals surface area contributed by atoms with E-state index in [2.05, 4.69) is 14.5 Å². The first-order chi connectivity index (χ1) is 10.2. The number of halogens is 2. The Morgan fingerprint density at radius 2 is 1.67 bits per heavy atom. The number of para-hydroxylation sites is 1. The number of fused-ring (bicyclic) bond motifs is 3. The second-order valence-corrected chi connectivity index (χ2v) is 5.40. The minimum absolute atomic E-state index is 0.154. The molecule has 0 atom stereocenters. The highest BCUT2D eigenvalue weighted by molar-refractivity contribution is 6.36. The summed E-state index contributed by atoms with van der Waals surface area (Å²) in [6, 6.07) is 16.1. The molecule has 0 amide bonds. The molecule has 0 saturated carbocycles. The van der Waals surface area contributed by atoms with Crippen LogP contribution in [0.4, 0.5) is 0 Å². The van der Waals surface area contributed by atoms with Gasteiger partial charge in [0.2, 0.25) is 5.28 Å². The van der Waals surface area contributed by atoms with Crippen molar-refractivity contribution in [2.24, 2.45) is 0 Å². The molecule has 4 rings (SSSR count). The topological polar surface area (TPSA) is 30.7 Å². The number of hydrogen-bond acceptors (Lipinski definition) is 2. The van der Waals surface area contributed by atoms with Crippen molar-refractivity contribution in [2.75, 3.05) is 0 Å². The van der Waals surface area contributed by atoms with Crippen LogP contribution in [0, 0.1) is 0 Å². The predicted molar refractivity (Wildman–Crippen MR) is 86.4 cm³/mol. The van der Waals surface area contributed by atoms with Gasteiger partial charge in [-0.25, -0.2) is 9.97 Å². The van der Waals surface area contributed by atoms with Crippen molar-refractivity contribution in [3.63, 3.8) is 0 Å². The van der Waals surface area contributed by atoms with Crippen LogP contribution in [0.3, 0.4) is 0 Å². The fourth-order valence-corrected chi connectivity index (χ4v) is 3.00. The molecule has 0 fully saturated rings. The highest BCUT2D eigenvalue weighted by Crippen LogP contribution is 2.31. The van der Waals surface area contributed by atoms with Crippen molar-refractivity contribution in [1.82, 2.24) is 14.5 Å². The van der Waals surface area contributed by atoms with Crippen LogP contribution >= 0.6 is 23.2 Å². The Kier molecular flexibility index (Phi) is 2.84. The third-order valence-electron chi connectivity index (χ3n) is 3.48. The summed E-state index contributed by atoms with van der Waals surface area (Å²) in [7, 11) is 0. The molecule has 0 aliphatic heterocycles. The average molecular weight is 314 g/mol. The summed E-state index contributed by atoms with van der Waals surface area (Å²) < 4.78 is 2.08. The molecule has 0 bridgehead atoms. The van der Waals surface area contributed by atoms with E-state index >= 15 is 0 Å². The first kappa shape index (κ1) is 12.6. The molecule has 102 valence electrons. The molecule has 5 heteroatoms. The Hall–Kier alpha value is -2.10. The van der Waals surface area contributed by atoms with Crippen LogP contribution in [-0.2, 0) is 0 Å². The Labute approximate surface area is 130 Å². The van der Waals surface area contributed by atoms with Crippen LogP contribution in [0.15, 0.2) is 54.7 Å². The standard InChI is InChI=1S/C16H9Cl2N3/c17-15-12-7-6-10-8-9-21(11-4-2-1-3-5-11)14(10)13(12)19-16(18)20-15/h1-9H. The molecule has 2 aromatic carbocycles. The first-order valence-corrected chi connectivity index (χ1v) is 7.18. The van der Waals surface area contributed by atoms with Crippen LogP contribution in [-0.4, -0.2) is 14.5 Å². The van der Waals surface area contributed by atoms with Gasteiger partial charge < -0.3 is 4.57 Å². The highest BCUT2D eigenvalue weighted by Gasteiger charge is 2.12. The lowest BCUT2D eigenvalue weighted by molar-refractivity contribution is 1.12. The van der Waals surface area contributed by atoms with Crippen molar-refractivity contribution in [2.45, 2.75) is 0 Å². The van der Waals surface area contributed by atoms with Gasteiger partial charge in [-0.3, -0.25) is 0 Å². The Bertz CT molecular complexity index is 962. The van der Waals surface area contributed by atoms with Gasteiger partial charge in [0, 0.05) is 22.7 Å². The molecule has 4 aromatic rings. The van der Waals surface area contributed by atoms with E-state index in [-0.39, 0.29) is 5.28 Å². The summed E-state index contributed by atoms with van der Waals surface area (Å²) in [6.45, 7) is 0. The lowest BCUT2D eigenvalue weighted by Crippen LogP contribution is -1.94. The van der Waals surface area contributed by atoms with Gasteiger partial charge in [-0.15, -0.1) is 0 Å². The van der Waals surface area contributed by atoms with Gasteiger partial charge >= 0.3 is 0 Å². The summed E-state index contributed by atoms with van der Waals surface area (Å²) >= 11 is 12.2. The fraction of sp³-hybridized carbons (Fsp3) is 0. The number of benzene rings is 2. The van der Waals surface area contributed by atoms with Crippen LogP contribution in [0.5, 0.6) is 0 Å². The zero-order chi connectivity index (χ0) is 14.4. The SMILES string of the molecule is Clc1nc(Cl)c2ccc3ccn(-c4ccccc4)c3c2n1. The minimum Gasteiger partial charge on any atom is -0.315 e. The summed E-state index contributed by atoms with van der Waals surface area (Å²) in [4.78, 5) is 8.38. The first-order valence-electron chi connectivity index (χ1n) is 6.42. The van der Waals surface area contributed by atoms with Crippen molar-refractivity contribution < 1.29 is 0 Å². The molecule has 21 heavy (non-hydrogen) atoms. The highest BCUT2D eigenvalue weighted by atomic mass is 35.5. The molecule has 2 heterocycles. The van der Waals surface area contributed by atoms with Gasteiger partial charge in [-0.1, -0.05) is 35.9 Å². The number of rotatable bonds is 1. The Morgan fingerprint density at radius 1 is 0.857 bits per heavy atom. The molecular weight excluding hydrogens is 305 g/mol. The van der Waals surface area contributed by atoms with Crippen LogP contribution in [0.1, 0.15) is 0 Å². The molecule has 0 unspecified atom stereocenters. The maximum atomic E-state index is 6.18. The normalized spacial score (nSPS) is 11.3. The van der Waals surface area contributed by atoms with Gasteiger partial charge in [-0.05, 0) is 35.9 Å². The second kappa shape index (κ2) is 4.72. The third-order valence-corrected chi connectivity index (χ3v) is 3.93. The number of aromatic nitrogens is 3. The third kappa shape index (κ3) is 1.97. The van der Waals surface area contributed by atoms with Crippen molar-refractivity contribution >= 4 is 45.0 Å². The van der Waals surface area contributed by atoms with E-state index in [1.165, 1.54) is 0 Å². The van der Waals surface area contributed by atoms with Gasteiger partial charge in [0.15, 0.2) is 0 Å². The molecule has 0 aliphatic carbocycles. The minimum atomic E-state index is 0.154. The summed E-state index contributed by atoms with van der Waals surface area (Å²) in [5.41, 5.74) is 2.79. The molecule has 3 nitrogen and oxygen atoms in total. The zero-order valence-corrected chi connectivity index (χ0v) is 12.3. The van der Waals surface area contributed by atoms with Crippen molar-refractivity contribution in [3.8, 4) is 5.69 Å². The van der Waals surface area contributed by atoms with Crippen molar-refractivity contribution in [1.29, 1.82) is 0 Å². The molecule has 0 saturated heterocycles. The Morgan fingerprint density at radius 3 is 2.48 bits per heavy atom. The summed E-state index contributed by atoms with van der Waals surface area (Å²) in [5, 5.41) is 2.40. The number of hydrogen-bond donors (Lipinski definition) is 0. The van der Waals surface area contributed by atoms with E-state index in [4.69, 9.17) is 23.2 Å². The maximum Gasteiger partial charge on any atom is 0.224 e. The maximum absolute atomic E-state index is 6.18. The monoisotopic (exact) mass is 313 g/mol. The zero-order valence-electron chi connectivity index (χ0n) is 10.8. The Balaban J connectivity index is 2.17. The fourth-order valence-electron chi connectivity index (χ4n) is 2.55. The van der Waals surface area contributed by atoms with E-state index in [0.29, 0.717) is 5.15 Å². The summed E-state index contributed by atoms with van der Waals surface area (Å²) in [6.07, 6.45) is 2.02. The number of nitrogens with zero attached hydrogens (tertiary/aromatic N) is 3. The molecule has 2 aromatic heterocycles. The van der Waals surface area contributed by atoms with E-state index < -0.39 is 0 Å². The lowest BCUT2D eigenvalue weighted by atomic mass is 10.2. The van der Waals surface area contributed by atoms with E-state index in [0.717, 1.165) is 27.5 Å². The largest absolute Gasteiger partial charge is 0.315 e. The molecule has 0 radical (unpaired) electrons. The van der Waals surface area contributed by atoms with Gasteiger partial charge in [0.25, 0.3) is 0 Å². The van der Waals surface area contributed by atoms with Crippen LogP contribution < -0.4 is 0 Å². The van der Waals surface area contributed by atoms with Gasteiger partial charge in [-0.2, -0.15) is 0 Å². The molecule has 0 spiro atoms. The van der Waals surface area contributed by atoms with Gasteiger partial charge in [0.1, 0.15) is 10.7 Å². The second-order valence-electron chi connectivity index (χ2n) is 4.70. The molecular formula is C16H9Cl2N3. The molecule has 0 aliphatic rings. The molecule has 0 N–H and O–H groups in total. The van der Waals surface area contributed by atoms with E-state index in [1.54, 1.807) is 0 Å². The van der Waals surface area contributed by atoms with Crippen LogP contribution in [0.2, 0.25) is 10.4 Å². The predicted octanol–water partition coefficient (Wildman–Crippen LogP) is 4.88. The quantitative estimate of drug-likeness (QED) is 0.370. The van der Waals surface area contributed by atoms with Gasteiger partial charge in [0.05, 0.1) is 5.52 Å². The van der Waals surface area contributed by atoms with E-state index in [9.17, 15) is 0 Å².